The van der Waals surface area contributed by atoms with Crippen LogP contribution in [-0.2, 0) is 22.9 Å². The van der Waals surface area contributed by atoms with E-state index >= 15 is 0 Å². The number of nitrogens with zero attached hydrogens (tertiary/aromatic N) is 1. The van der Waals surface area contributed by atoms with Crippen molar-refractivity contribution in [1.82, 2.24) is 4.90 Å². The maximum atomic E-state index is 11.7. The molecule has 0 saturated carbocycles. The van der Waals surface area contributed by atoms with Crippen LogP contribution in [0.4, 0.5) is 0 Å². The molecular weight excluding hydrogens is 302 g/mol. The largest absolute Gasteiger partial charge is 0.502 e. The van der Waals surface area contributed by atoms with Gasteiger partial charge >= 0.3 is 8.80 Å². The Bertz CT molecular complexity index is 384. The molecule has 0 aromatic carbocycles. The predicted molar refractivity (Wildman–Crippen MR) is 85.6 cm³/mol. The van der Waals surface area contributed by atoms with Gasteiger partial charge in [0.15, 0.2) is 6.29 Å². The summed E-state index contributed by atoms with van der Waals surface area (Å²) >= 11 is 0. The number of ketones is 1. The van der Waals surface area contributed by atoms with E-state index < -0.39 is 20.6 Å². The molecule has 22 heavy (non-hydrogen) atoms. The second-order valence-corrected chi connectivity index (χ2v) is 7.92. The topological polar surface area (TPSA) is 65.1 Å². The smallest absolute Gasteiger partial charge is 0.374 e. The Hall–Kier alpha value is -0.863. The van der Waals surface area contributed by atoms with E-state index in [0.717, 1.165) is 5.57 Å². The minimum Gasteiger partial charge on any atom is -0.374 e. The molecule has 1 aliphatic rings. The zero-order chi connectivity index (χ0) is 16.6. The molecule has 1 aliphatic heterocycles. The van der Waals surface area contributed by atoms with Crippen LogP contribution in [0.25, 0.3) is 0 Å². The highest BCUT2D eigenvalue weighted by Crippen LogP contribution is 2.24. The summed E-state index contributed by atoms with van der Waals surface area (Å²) in [5.74, 6) is -0.393. The van der Waals surface area contributed by atoms with Gasteiger partial charge in [-0.15, -0.1) is 0 Å². The zero-order valence-corrected chi connectivity index (χ0v) is 14.8. The molecule has 126 valence electrons. The van der Waals surface area contributed by atoms with Gasteiger partial charge in [0.2, 0.25) is 5.78 Å². The molecule has 1 rings (SSSR count). The van der Waals surface area contributed by atoms with Gasteiger partial charge in [0.25, 0.3) is 0 Å². The molecule has 1 fully saturated rings. The molecule has 0 amide bonds. The van der Waals surface area contributed by atoms with E-state index in [4.69, 9.17) is 13.3 Å². The lowest BCUT2D eigenvalue weighted by Gasteiger charge is -2.31. The molecule has 0 aromatic rings. The third-order valence-electron chi connectivity index (χ3n) is 3.59. The molecule has 1 atom stereocenters. The summed E-state index contributed by atoms with van der Waals surface area (Å²) < 4.78 is 17.4. The van der Waals surface area contributed by atoms with Crippen LogP contribution in [0.5, 0.6) is 0 Å². The number of hydrogen-bond donors (Lipinski definition) is 0. The Labute approximate surface area is 133 Å². The molecule has 0 N–H and O–H groups in total. The summed E-state index contributed by atoms with van der Waals surface area (Å²) in [6.45, 7) is 12.5. The van der Waals surface area contributed by atoms with E-state index in [0.29, 0.717) is 51.7 Å². The number of hydrogen-bond acceptors (Lipinski definition) is 6. The highest BCUT2D eigenvalue weighted by atomic mass is 28.4. The van der Waals surface area contributed by atoms with Gasteiger partial charge in [-0.05, 0) is 27.2 Å². The van der Waals surface area contributed by atoms with Crippen molar-refractivity contribution in [2.45, 2.75) is 39.3 Å². The zero-order valence-electron chi connectivity index (χ0n) is 13.8. The fourth-order valence-corrected chi connectivity index (χ4v) is 5.30. The molecule has 0 aliphatic carbocycles. The summed E-state index contributed by atoms with van der Waals surface area (Å²) in [6, 6.07) is 0.194. The van der Waals surface area contributed by atoms with Crippen molar-refractivity contribution < 1.29 is 22.9 Å². The van der Waals surface area contributed by atoms with Crippen LogP contribution in [0.15, 0.2) is 12.2 Å². The summed E-state index contributed by atoms with van der Waals surface area (Å²) in [5.41, 5.74) is 0.969. The maximum Gasteiger partial charge on any atom is 0.502 e. The van der Waals surface area contributed by atoms with Crippen molar-refractivity contribution in [3.05, 3.63) is 12.2 Å². The minimum absolute atomic E-state index is 0.393. The highest BCUT2D eigenvalue weighted by Gasteiger charge is 2.42. The van der Waals surface area contributed by atoms with Crippen LogP contribution >= 0.6 is 0 Å². The van der Waals surface area contributed by atoms with Gasteiger partial charge < -0.3 is 13.3 Å². The number of rotatable bonds is 11. The van der Waals surface area contributed by atoms with E-state index in [1.165, 1.54) is 0 Å². The Morgan fingerprint density at radius 2 is 1.82 bits per heavy atom. The molecule has 1 heterocycles. The van der Waals surface area contributed by atoms with Crippen molar-refractivity contribution in [3.8, 4) is 0 Å². The second-order valence-electron chi connectivity index (χ2n) is 5.19. The Kier molecular flexibility index (Phi) is 8.12. The number of aldehydes is 1. The van der Waals surface area contributed by atoms with Crippen molar-refractivity contribution in [3.63, 3.8) is 0 Å². The first-order valence-electron chi connectivity index (χ1n) is 7.83. The molecule has 1 saturated heterocycles. The van der Waals surface area contributed by atoms with Crippen LogP contribution in [0, 0.1) is 0 Å². The first kappa shape index (κ1) is 19.2. The lowest BCUT2D eigenvalue weighted by atomic mass is 10.1. The number of likely N-dealkylation sites (tertiary alicyclic amines) is 1. The summed E-state index contributed by atoms with van der Waals surface area (Å²) in [5, 5.41) is 0. The van der Waals surface area contributed by atoms with Crippen LogP contribution < -0.4 is 0 Å². The van der Waals surface area contributed by atoms with Crippen LogP contribution in [0.1, 0.15) is 27.2 Å². The molecule has 0 radical (unpaired) electrons. The van der Waals surface area contributed by atoms with Gasteiger partial charge in [0.05, 0.1) is 6.04 Å². The molecule has 0 bridgehead atoms. The van der Waals surface area contributed by atoms with E-state index in [-0.39, 0.29) is 0 Å². The lowest BCUT2D eigenvalue weighted by Crippen LogP contribution is -2.49. The van der Waals surface area contributed by atoms with Gasteiger partial charge in [-0.3, -0.25) is 14.5 Å². The Morgan fingerprint density at radius 3 is 2.27 bits per heavy atom. The molecule has 7 heteroatoms. The van der Waals surface area contributed by atoms with Crippen molar-refractivity contribution in [1.29, 1.82) is 0 Å². The number of Topliss-reactive ketones (excluding diaryl/α,β-unsaturated/α-hetero) is 1. The highest BCUT2D eigenvalue weighted by molar-refractivity contribution is 6.60. The van der Waals surface area contributed by atoms with Gasteiger partial charge in [0.1, 0.15) is 0 Å². The molecule has 1 unspecified atom stereocenters. The van der Waals surface area contributed by atoms with Crippen LogP contribution in [0.2, 0.25) is 6.04 Å². The van der Waals surface area contributed by atoms with Gasteiger partial charge in [0, 0.05) is 39.0 Å². The fourth-order valence-electron chi connectivity index (χ4n) is 2.74. The van der Waals surface area contributed by atoms with E-state index in [1.807, 2.05) is 25.7 Å². The Morgan fingerprint density at radius 1 is 1.27 bits per heavy atom. The van der Waals surface area contributed by atoms with E-state index in [9.17, 15) is 9.59 Å². The third-order valence-corrected chi connectivity index (χ3v) is 6.61. The standard InChI is InChI=1S/C15H27NO5Si/c1-5-19-22(20-6-2,21-7-3)9-8-16-11-13(4)10-14(16)15(18)12-17/h12,14H,4-11H2,1-3H3. The van der Waals surface area contributed by atoms with Crippen LogP contribution in [0.3, 0.4) is 0 Å². The van der Waals surface area contributed by atoms with Crippen molar-refractivity contribution >= 4 is 20.9 Å². The average molecular weight is 329 g/mol. The first-order chi connectivity index (χ1) is 10.5. The minimum atomic E-state index is -2.73. The van der Waals surface area contributed by atoms with Gasteiger partial charge in [-0.25, -0.2) is 0 Å². The first-order valence-corrected chi connectivity index (χ1v) is 9.76. The predicted octanol–water partition coefficient (Wildman–Crippen LogP) is 1.43. The lowest BCUT2D eigenvalue weighted by molar-refractivity contribution is -0.132. The maximum absolute atomic E-state index is 11.7. The second kappa shape index (κ2) is 9.31. The number of carbonyl (C=O) groups excluding carboxylic acids is 2. The Balaban J connectivity index is 2.75. The number of carbonyl (C=O) groups is 2. The molecule has 0 spiro atoms. The van der Waals surface area contributed by atoms with Gasteiger partial charge in [-0.1, -0.05) is 12.2 Å². The van der Waals surface area contributed by atoms with Gasteiger partial charge in [-0.2, -0.15) is 0 Å². The molecule has 6 nitrogen and oxygen atoms in total. The molecular formula is C15H27NO5Si. The summed E-state index contributed by atoms with van der Waals surface area (Å²) in [4.78, 5) is 24.5. The average Bonchev–Trinajstić information content (AvgIpc) is 2.86. The normalized spacial score (nSPS) is 19.6. The summed E-state index contributed by atoms with van der Waals surface area (Å²) in [7, 11) is -2.73. The van der Waals surface area contributed by atoms with Crippen LogP contribution in [-0.4, -0.2) is 64.7 Å². The SMILES string of the molecule is C=C1CC(C(=O)C=O)N(CC[Si](OCC)(OCC)OCC)C1. The molecule has 0 aromatic heterocycles. The quantitative estimate of drug-likeness (QED) is 0.247. The third kappa shape index (κ3) is 5.10. The van der Waals surface area contributed by atoms with E-state index in [1.54, 1.807) is 0 Å². The fraction of sp³-hybridized carbons (Fsp3) is 0.733. The van der Waals surface area contributed by atoms with Crippen molar-refractivity contribution in [2.75, 3.05) is 32.9 Å². The van der Waals surface area contributed by atoms with Crippen molar-refractivity contribution in [2.24, 2.45) is 0 Å². The summed E-state index contributed by atoms with van der Waals surface area (Å²) in [6.07, 6.45) is 0.943. The van der Waals surface area contributed by atoms with E-state index in [2.05, 4.69) is 6.58 Å². The monoisotopic (exact) mass is 329 g/mol.